The van der Waals surface area contributed by atoms with E-state index in [1.165, 1.54) is 76.6 Å². The summed E-state index contributed by atoms with van der Waals surface area (Å²) in [6.07, 6.45) is 7.55. The summed E-state index contributed by atoms with van der Waals surface area (Å²) >= 11 is 3.35. The molecule has 1 aromatic carbocycles. The maximum Gasteiger partial charge on any atom is 0.248 e. The molecule has 0 atom stereocenters. The molecule has 0 radical (unpaired) electrons. The Balaban J connectivity index is 1.38. The van der Waals surface area contributed by atoms with E-state index in [0.29, 0.717) is 10.4 Å². The van der Waals surface area contributed by atoms with Crippen LogP contribution in [-0.4, -0.2) is 95.6 Å². The summed E-state index contributed by atoms with van der Waals surface area (Å²) in [6, 6.07) is 3.44. The fraction of sp³-hybridized carbons (Fsp3) is 0.731. The van der Waals surface area contributed by atoms with Crippen LogP contribution in [0, 0.1) is 18.8 Å². The van der Waals surface area contributed by atoms with Gasteiger partial charge in [0.15, 0.2) is 0 Å². The molecular formula is C26H42BrN3O5S. The van der Waals surface area contributed by atoms with Gasteiger partial charge >= 0.3 is 0 Å². The first-order valence-electron chi connectivity index (χ1n) is 13.0. The molecule has 36 heavy (non-hydrogen) atoms. The number of carbonyl (C=O) groups is 1. The predicted octanol–water partition coefficient (Wildman–Crippen LogP) is 3.76. The van der Waals surface area contributed by atoms with Crippen molar-refractivity contribution in [3.63, 3.8) is 0 Å². The Morgan fingerprint density at radius 1 is 1.11 bits per heavy atom. The third kappa shape index (κ3) is 7.90. The van der Waals surface area contributed by atoms with Crippen molar-refractivity contribution < 1.29 is 22.7 Å². The number of rotatable bonds is 12. The Kier molecular flexibility index (Phi) is 11.1. The lowest BCUT2D eigenvalue weighted by Crippen LogP contribution is -2.37. The molecule has 1 saturated carbocycles. The van der Waals surface area contributed by atoms with Crippen LogP contribution >= 0.6 is 15.9 Å². The lowest BCUT2D eigenvalue weighted by atomic mass is 9.81. The van der Waals surface area contributed by atoms with Gasteiger partial charge in [0.05, 0.1) is 13.7 Å². The van der Waals surface area contributed by atoms with Gasteiger partial charge in [0.2, 0.25) is 15.9 Å². The van der Waals surface area contributed by atoms with Crippen molar-refractivity contribution in [3.05, 3.63) is 22.2 Å². The van der Waals surface area contributed by atoms with Crippen LogP contribution in [0.25, 0.3) is 0 Å². The van der Waals surface area contributed by atoms with Crippen LogP contribution in [0.1, 0.15) is 44.1 Å². The molecule has 1 aliphatic carbocycles. The van der Waals surface area contributed by atoms with Crippen molar-refractivity contribution in [3.8, 4) is 5.75 Å². The topological polar surface area (TPSA) is 79.4 Å². The number of hydrogen-bond acceptors (Lipinski definition) is 6. The molecule has 2 aliphatic rings. The highest BCUT2D eigenvalue weighted by molar-refractivity contribution is 9.10. The number of halogens is 1. The van der Waals surface area contributed by atoms with Crippen LogP contribution in [0.2, 0.25) is 0 Å². The highest BCUT2D eigenvalue weighted by Crippen LogP contribution is 2.34. The molecule has 0 aromatic heterocycles. The summed E-state index contributed by atoms with van der Waals surface area (Å²) in [5.74, 6) is 1.57. The minimum absolute atomic E-state index is 0.0494. The standard InChI is InChI=1S/C26H42BrN3O5S/c1-20-15-23(27)26(24(16-20)34-4)36(32,33)29(3)13-14-35-19-25(31)28(2)17-21-7-9-22(10-8-21)18-30-11-5-6-12-30/h15-16,21-22H,5-14,17-19H2,1-4H3/t21-,22-. The van der Waals surface area contributed by atoms with Crippen molar-refractivity contribution in [2.24, 2.45) is 11.8 Å². The monoisotopic (exact) mass is 587 g/mol. The Bertz CT molecular complexity index is 976. The van der Waals surface area contributed by atoms with E-state index in [2.05, 4.69) is 20.8 Å². The van der Waals surface area contributed by atoms with Gasteiger partial charge in [-0.3, -0.25) is 4.79 Å². The number of carbonyl (C=O) groups excluding carboxylic acids is 1. The van der Waals surface area contributed by atoms with E-state index in [4.69, 9.17) is 9.47 Å². The van der Waals surface area contributed by atoms with E-state index in [1.54, 1.807) is 17.0 Å². The third-order valence-electron chi connectivity index (χ3n) is 7.46. The van der Waals surface area contributed by atoms with E-state index < -0.39 is 10.0 Å². The van der Waals surface area contributed by atoms with Gasteiger partial charge in [-0.2, -0.15) is 4.31 Å². The van der Waals surface area contributed by atoms with Crippen molar-refractivity contribution in [2.45, 2.75) is 50.3 Å². The lowest BCUT2D eigenvalue weighted by Gasteiger charge is -2.33. The molecule has 1 saturated heterocycles. The van der Waals surface area contributed by atoms with Crippen LogP contribution < -0.4 is 4.74 Å². The molecule has 8 nitrogen and oxygen atoms in total. The summed E-state index contributed by atoms with van der Waals surface area (Å²) in [7, 11) is 0.987. The number of methoxy groups -OCH3 is 1. The second-order valence-corrected chi connectivity index (χ2v) is 13.2. The molecule has 204 valence electrons. The molecule has 10 heteroatoms. The van der Waals surface area contributed by atoms with Crippen LogP contribution in [-0.2, 0) is 19.6 Å². The molecular weight excluding hydrogens is 546 g/mol. The van der Waals surface area contributed by atoms with Gasteiger partial charge in [0, 0.05) is 38.2 Å². The Hall–Kier alpha value is -1.20. The maximum atomic E-state index is 13.1. The quantitative estimate of drug-likeness (QED) is 0.346. The summed E-state index contributed by atoms with van der Waals surface area (Å²) in [5, 5.41) is 0. The molecule has 3 rings (SSSR count). The molecule has 1 amide bonds. The number of likely N-dealkylation sites (N-methyl/N-ethyl adjacent to an activating group) is 2. The molecule has 1 heterocycles. The van der Waals surface area contributed by atoms with Crippen LogP contribution in [0.5, 0.6) is 5.75 Å². The zero-order chi connectivity index (χ0) is 26.3. The Labute approximate surface area is 225 Å². The van der Waals surface area contributed by atoms with Crippen LogP contribution in [0.3, 0.4) is 0 Å². The number of ether oxygens (including phenoxy) is 2. The average molecular weight is 589 g/mol. The number of benzene rings is 1. The largest absolute Gasteiger partial charge is 0.495 e. The van der Waals surface area contributed by atoms with E-state index >= 15 is 0 Å². The minimum Gasteiger partial charge on any atom is -0.495 e. The van der Waals surface area contributed by atoms with Gasteiger partial charge in [0.25, 0.3) is 0 Å². The van der Waals surface area contributed by atoms with Gasteiger partial charge in [-0.1, -0.05) is 0 Å². The summed E-state index contributed by atoms with van der Waals surface area (Å²) < 4.78 is 38.7. The number of amides is 1. The van der Waals surface area contributed by atoms with Crippen molar-refractivity contribution in [1.82, 2.24) is 14.1 Å². The third-order valence-corrected chi connectivity index (χ3v) is 10.3. The number of aryl methyl sites for hydroxylation is 1. The smallest absolute Gasteiger partial charge is 0.248 e. The van der Waals surface area contributed by atoms with E-state index in [9.17, 15) is 13.2 Å². The van der Waals surface area contributed by atoms with Gasteiger partial charge in [-0.15, -0.1) is 0 Å². The Morgan fingerprint density at radius 3 is 2.39 bits per heavy atom. The minimum atomic E-state index is -3.79. The number of hydrogen-bond donors (Lipinski definition) is 0. The molecule has 0 spiro atoms. The lowest BCUT2D eigenvalue weighted by molar-refractivity contribution is -0.135. The van der Waals surface area contributed by atoms with Gasteiger partial charge in [-0.25, -0.2) is 8.42 Å². The summed E-state index contributed by atoms with van der Waals surface area (Å²) in [5.41, 5.74) is 0.890. The molecule has 0 unspecified atom stereocenters. The molecule has 2 fully saturated rings. The van der Waals surface area contributed by atoms with Gasteiger partial charge in [-0.05, 0) is 104 Å². The van der Waals surface area contributed by atoms with Crippen molar-refractivity contribution in [1.29, 1.82) is 0 Å². The first kappa shape index (κ1) is 29.4. The normalized spacial score (nSPS) is 21.2. The highest BCUT2D eigenvalue weighted by atomic mass is 79.9. The first-order chi connectivity index (χ1) is 17.1. The van der Waals surface area contributed by atoms with Crippen molar-refractivity contribution >= 4 is 31.9 Å². The van der Waals surface area contributed by atoms with E-state index in [-0.39, 0.29) is 36.3 Å². The highest BCUT2D eigenvalue weighted by Gasteiger charge is 2.28. The first-order valence-corrected chi connectivity index (χ1v) is 15.2. The SMILES string of the molecule is COc1cc(C)cc(Br)c1S(=O)(=O)N(C)CCOCC(=O)N(C)C[C@H]1CC[C@H](CN2CCCC2)CC1. The number of nitrogens with zero attached hydrogens (tertiary/aromatic N) is 3. The Morgan fingerprint density at radius 2 is 1.75 bits per heavy atom. The number of likely N-dealkylation sites (tertiary alicyclic amines) is 1. The second-order valence-electron chi connectivity index (χ2n) is 10.3. The molecule has 0 bridgehead atoms. The summed E-state index contributed by atoms with van der Waals surface area (Å²) in [6.45, 7) is 6.60. The fourth-order valence-corrected chi connectivity index (χ4v) is 7.75. The van der Waals surface area contributed by atoms with Gasteiger partial charge < -0.3 is 19.3 Å². The molecule has 1 aromatic rings. The number of sulfonamides is 1. The van der Waals surface area contributed by atoms with Crippen molar-refractivity contribution in [2.75, 3.05) is 67.1 Å². The fourth-order valence-electron chi connectivity index (χ4n) is 5.25. The van der Waals surface area contributed by atoms with Crippen LogP contribution in [0.4, 0.5) is 0 Å². The van der Waals surface area contributed by atoms with Crippen LogP contribution in [0.15, 0.2) is 21.5 Å². The second kappa shape index (κ2) is 13.6. The van der Waals surface area contributed by atoms with E-state index in [0.717, 1.165) is 18.0 Å². The van der Waals surface area contributed by atoms with Gasteiger partial charge in [0.1, 0.15) is 17.3 Å². The zero-order valence-electron chi connectivity index (χ0n) is 22.2. The maximum absolute atomic E-state index is 13.1. The molecule has 0 N–H and O–H groups in total. The van der Waals surface area contributed by atoms with E-state index in [1.807, 2.05) is 14.0 Å². The average Bonchev–Trinajstić information content (AvgIpc) is 3.34. The zero-order valence-corrected chi connectivity index (χ0v) is 24.6. The molecule has 1 aliphatic heterocycles. The summed E-state index contributed by atoms with van der Waals surface area (Å²) in [4.78, 5) is 17.0. The predicted molar refractivity (Wildman–Crippen MR) is 145 cm³/mol.